The molecule has 1 atom stereocenters. The van der Waals surface area contributed by atoms with E-state index in [0.717, 1.165) is 6.54 Å². The Morgan fingerprint density at radius 3 is 2.36 bits per heavy atom. The smallest absolute Gasteiger partial charge is 0.0167 e. The van der Waals surface area contributed by atoms with Crippen LogP contribution in [-0.4, -0.2) is 36.1 Å². The Hall–Kier alpha value is -0.0800. The number of nitrogens with one attached hydrogen (secondary N) is 1. The number of hydrogen-bond donors (Lipinski definition) is 1. The van der Waals surface area contributed by atoms with Gasteiger partial charge >= 0.3 is 0 Å². The maximum atomic E-state index is 3.44. The average Bonchev–Trinajstić information content (AvgIpc) is 1.86. The number of hydrogen-bond acceptors (Lipinski definition) is 2. The zero-order valence-corrected chi connectivity index (χ0v) is 8.15. The molecule has 1 fully saturated rings. The van der Waals surface area contributed by atoms with Gasteiger partial charge in [0.1, 0.15) is 0 Å². The fourth-order valence-corrected chi connectivity index (χ4v) is 1.54. The average molecular weight is 156 g/mol. The second kappa shape index (κ2) is 3.11. The van der Waals surface area contributed by atoms with Crippen molar-refractivity contribution in [3.8, 4) is 0 Å². The molecule has 0 aromatic heterocycles. The van der Waals surface area contributed by atoms with E-state index < -0.39 is 0 Å². The van der Waals surface area contributed by atoms with Crippen molar-refractivity contribution in [2.24, 2.45) is 0 Å². The predicted octanol–water partition coefficient (Wildman–Crippen LogP) is 1.08. The van der Waals surface area contributed by atoms with E-state index >= 15 is 0 Å². The minimum Gasteiger partial charge on any atom is -0.312 e. The van der Waals surface area contributed by atoms with Crippen LogP contribution in [0.3, 0.4) is 0 Å². The highest BCUT2D eigenvalue weighted by Crippen LogP contribution is 2.14. The zero-order valence-electron chi connectivity index (χ0n) is 8.15. The molecule has 0 saturated carbocycles. The van der Waals surface area contributed by atoms with E-state index in [1.54, 1.807) is 0 Å². The number of nitrogens with zero attached hydrogens (tertiary/aromatic N) is 1. The summed E-state index contributed by atoms with van der Waals surface area (Å²) in [5.74, 6) is 0. The predicted molar refractivity (Wildman–Crippen MR) is 48.8 cm³/mol. The first-order valence-electron chi connectivity index (χ1n) is 4.48. The van der Waals surface area contributed by atoms with Crippen molar-refractivity contribution in [1.82, 2.24) is 10.2 Å². The van der Waals surface area contributed by atoms with Gasteiger partial charge in [-0.05, 0) is 27.7 Å². The molecule has 0 spiro atoms. The van der Waals surface area contributed by atoms with E-state index in [4.69, 9.17) is 0 Å². The summed E-state index contributed by atoms with van der Waals surface area (Å²) in [4.78, 5) is 2.54. The summed E-state index contributed by atoms with van der Waals surface area (Å²) >= 11 is 0. The van der Waals surface area contributed by atoms with Crippen LogP contribution in [0.2, 0.25) is 0 Å². The van der Waals surface area contributed by atoms with Gasteiger partial charge in [-0.1, -0.05) is 0 Å². The molecular weight excluding hydrogens is 136 g/mol. The molecule has 1 rings (SSSR count). The highest BCUT2D eigenvalue weighted by atomic mass is 15.2. The molecule has 0 radical (unpaired) electrons. The molecular formula is C9H20N2. The summed E-state index contributed by atoms with van der Waals surface area (Å²) in [5, 5.41) is 3.44. The highest BCUT2D eigenvalue weighted by Gasteiger charge is 2.25. The van der Waals surface area contributed by atoms with E-state index in [9.17, 15) is 0 Å². The highest BCUT2D eigenvalue weighted by molar-refractivity contribution is 4.83. The molecule has 11 heavy (non-hydrogen) atoms. The van der Waals surface area contributed by atoms with E-state index in [1.807, 2.05) is 0 Å². The maximum Gasteiger partial charge on any atom is 0.0167 e. The van der Waals surface area contributed by atoms with Crippen molar-refractivity contribution in [2.45, 2.75) is 39.3 Å². The third-order valence-corrected chi connectivity index (χ3v) is 2.32. The molecule has 0 amide bonds. The third-order valence-electron chi connectivity index (χ3n) is 2.32. The van der Waals surface area contributed by atoms with E-state index in [-0.39, 0.29) is 0 Å². The minimum atomic E-state index is 0.344. The van der Waals surface area contributed by atoms with E-state index in [0.29, 0.717) is 11.6 Å². The van der Waals surface area contributed by atoms with Gasteiger partial charge in [0.05, 0.1) is 0 Å². The van der Waals surface area contributed by atoms with Gasteiger partial charge in [-0.2, -0.15) is 0 Å². The Bertz CT molecular complexity index is 126. The second-order valence-corrected chi connectivity index (χ2v) is 4.47. The van der Waals surface area contributed by atoms with Gasteiger partial charge in [-0.25, -0.2) is 0 Å². The van der Waals surface area contributed by atoms with Crippen LogP contribution in [0.15, 0.2) is 0 Å². The molecule has 1 aliphatic rings. The first-order chi connectivity index (χ1) is 5.00. The zero-order chi connectivity index (χ0) is 8.48. The maximum absolute atomic E-state index is 3.44. The summed E-state index contributed by atoms with van der Waals surface area (Å²) in [7, 11) is 0. The van der Waals surface area contributed by atoms with Crippen LogP contribution in [0.1, 0.15) is 27.7 Å². The van der Waals surface area contributed by atoms with Crippen molar-refractivity contribution in [3.05, 3.63) is 0 Å². The molecule has 1 heterocycles. The molecule has 0 bridgehead atoms. The summed E-state index contributed by atoms with van der Waals surface area (Å²) in [5.41, 5.74) is 0.344. The lowest BCUT2D eigenvalue weighted by molar-refractivity contribution is 0.0998. The second-order valence-electron chi connectivity index (χ2n) is 4.47. The molecule has 2 heteroatoms. The summed E-state index contributed by atoms with van der Waals surface area (Å²) in [6.45, 7) is 12.6. The van der Waals surface area contributed by atoms with Gasteiger partial charge < -0.3 is 5.32 Å². The molecule has 1 saturated heterocycles. The van der Waals surface area contributed by atoms with Crippen molar-refractivity contribution in [3.63, 3.8) is 0 Å². The molecule has 0 aliphatic carbocycles. The van der Waals surface area contributed by atoms with Crippen molar-refractivity contribution >= 4 is 0 Å². The molecule has 66 valence electrons. The van der Waals surface area contributed by atoms with Gasteiger partial charge in [0.15, 0.2) is 0 Å². The van der Waals surface area contributed by atoms with Gasteiger partial charge in [-0.3, -0.25) is 4.90 Å². The molecule has 1 aliphatic heterocycles. The summed E-state index contributed by atoms with van der Waals surface area (Å²) < 4.78 is 0. The lowest BCUT2D eigenvalue weighted by Gasteiger charge is -2.41. The molecule has 0 unspecified atom stereocenters. The number of rotatable bonds is 0. The van der Waals surface area contributed by atoms with Crippen LogP contribution in [0, 0.1) is 0 Å². The lowest BCUT2D eigenvalue weighted by Crippen LogP contribution is -2.55. The van der Waals surface area contributed by atoms with Crippen LogP contribution in [0.5, 0.6) is 0 Å². The lowest BCUT2D eigenvalue weighted by atomic mass is 10.0. The minimum absolute atomic E-state index is 0.344. The normalized spacial score (nSPS) is 28.9. The molecule has 2 nitrogen and oxygen atoms in total. The molecule has 1 N–H and O–H groups in total. The Labute approximate surface area is 70.0 Å². The summed E-state index contributed by atoms with van der Waals surface area (Å²) in [6.07, 6.45) is 0. The van der Waals surface area contributed by atoms with E-state index in [2.05, 4.69) is 37.9 Å². The van der Waals surface area contributed by atoms with E-state index in [1.165, 1.54) is 13.1 Å². The Balaban J connectivity index is 2.46. The topological polar surface area (TPSA) is 15.3 Å². The Morgan fingerprint density at radius 2 is 2.00 bits per heavy atom. The first-order valence-corrected chi connectivity index (χ1v) is 4.48. The van der Waals surface area contributed by atoms with Crippen molar-refractivity contribution in [1.29, 1.82) is 0 Å². The van der Waals surface area contributed by atoms with Crippen LogP contribution < -0.4 is 5.32 Å². The monoisotopic (exact) mass is 156 g/mol. The number of piperazine rings is 1. The van der Waals surface area contributed by atoms with Crippen LogP contribution in [-0.2, 0) is 0 Å². The Morgan fingerprint density at radius 1 is 1.36 bits per heavy atom. The molecule has 0 aromatic rings. The van der Waals surface area contributed by atoms with Gasteiger partial charge in [0.25, 0.3) is 0 Å². The SMILES string of the molecule is C[C@H]1CN(C(C)(C)C)CCN1. The fraction of sp³-hybridized carbons (Fsp3) is 1.00. The van der Waals surface area contributed by atoms with Gasteiger partial charge in [0.2, 0.25) is 0 Å². The standard InChI is InChI=1S/C9H20N2/c1-8-7-11(6-5-10-8)9(2,3)4/h8,10H,5-7H2,1-4H3/t8-/m0/s1. The van der Waals surface area contributed by atoms with Crippen LogP contribution in [0.4, 0.5) is 0 Å². The van der Waals surface area contributed by atoms with Crippen molar-refractivity contribution < 1.29 is 0 Å². The van der Waals surface area contributed by atoms with Crippen molar-refractivity contribution in [2.75, 3.05) is 19.6 Å². The largest absolute Gasteiger partial charge is 0.312 e. The van der Waals surface area contributed by atoms with Crippen LogP contribution in [0.25, 0.3) is 0 Å². The molecule has 0 aromatic carbocycles. The first kappa shape index (κ1) is 9.01. The Kier molecular flexibility index (Phi) is 2.55. The summed E-state index contributed by atoms with van der Waals surface area (Å²) in [6, 6.07) is 0.656. The third kappa shape index (κ3) is 2.46. The van der Waals surface area contributed by atoms with Crippen LogP contribution >= 0.6 is 0 Å². The quantitative estimate of drug-likeness (QED) is 0.564. The van der Waals surface area contributed by atoms with Gasteiger partial charge in [-0.15, -0.1) is 0 Å². The van der Waals surface area contributed by atoms with Gasteiger partial charge in [0, 0.05) is 31.2 Å². The fourth-order valence-electron chi connectivity index (χ4n) is 1.54.